The Bertz CT molecular complexity index is 944. The Labute approximate surface area is 158 Å². The van der Waals surface area contributed by atoms with Crippen LogP contribution in [0.2, 0.25) is 0 Å². The lowest BCUT2D eigenvalue weighted by Crippen LogP contribution is -2.14. The topological polar surface area (TPSA) is 52.1 Å². The first kappa shape index (κ1) is 16.6. The Morgan fingerprint density at radius 3 is 2.58 bits per heavy atom. The third-order valence-electron chi connectivity index (χ3n) is 3.77. The summed E-state index contributed by atoms with van der Waals surface area (Å²) < 4.78 is 5.78. The number of thiophene rings is 1. The summed E-state index contributed by atoms with van der Waals surface area (Å²) in [5.41, 5.74) is 2.88. The van der Waals surface area contributed by atoms with Gasteiger partial charge >= 0.3 is 5.97 Å². The van der Waals surface area contributed by atoms with Gasteiger partial charge in [-0.3, -0.25) is 4.98 Å². The van der Waals surface area contributed by atoms with Gasteiger partial charge in [0.15, 0.2) is 11.8 Å². The average molecular weight is 378 g/mol. The van der Waals surface area contributed by atoms with Gasteiger partial charge in [-0.05, 0) is 29.1 Å². The smallest absolute Gasteiger partial charge is 0.358 e. The number of nitrogens with zero attached hydrogens (tertiary/aromatic N) is 2. The molecule has 0 spiro atoms. The van der Waals surface area contributed by atoms with Crippen LogP contribution < -0.4 is 0 Å². The van der Waals surface area contributed by atoms with Gasteiger partial charge in [-0.25, -0.2) is 9.78 Å². The van der Waals surface area contributed by atoms with E-state index in [9.17, 15) is 4.79 Å². The molecule has 0 radical (unpaired) electrons. The Kier molecular flexibility index (Phi) is 4.86. The van der Waals surface area contributed by atoms with Crippen LogP contribution in [0.5, 0.6) is 0 Å². The molecule has 128 valence electrons. The molecule has 1 unspecified atom stereocenters. The van der Waals surface area contributed by atoms with Crippen LogP contribution in [0.25, 0.3) is 10.6 Å². The maximum Gasteiger partial charge on any atom is 0.358 e. The molecule has 0 aliphatic carbocycles. The molecule has 26 heavy (non-hydrogen) atoms. The normalized spacial score (nSPS) is 11.8. The van der Waals surface area contributed by atoms with Crippen molar-refractivity contribution >= 4 is 28.6 Å². The van der Waals surface area contributed by atoms with Gasteiger partial charge in [-0.1, -0.05) is 36.4 Å². The van der Waals surface area contributed by atoms with Crippen LogP contribution in [0, 0.1) is 0 Å². The minimum atomic E-state index is -0.573. The van der Waals surface area contributed by atoms with Crippen LogP contribution in [0.4, 0.5) is 0 Å². The Morgan fingerprint density at radius 1 is 1.00 bits per heavy atom. The molecule has 4 aromatic rings. The first-order valence-electron chi connectivity index (χ1n) is 7.96. The molecule has 0 saturated carbocycles. The van der Waals surface area contributed by atoms with Crippen LogP contribution in [-0.2, 0) is 4.74 Å². The van der Waals surface area contributed by atoms with Crippen LogP contribution >= 0.6 is 22.7 Å². The standard InChI is InChI=1S/C20H14N2O2S2/c23-20(17-13-26-19(22-17)15-9-11-25-12-15)24-18(14-6-2-1-3-7-14)16-8-4-5-10-21-16/h1-13,18H. The number of aromatic nitrogens is 2. The first-order chi connectivity index (χ1) is 12.8. The van der Waals surface area contributed by atoms with Crippen molar-refractivity contribution in [3.8, 4) is 10.6 Å². The SMILES string of the molecule is O=C(OC(c1ccccc1)c1ccccn1)c1csc(-c2ccsc2)n1. The summed E-state index contributed by atoms with van der Waals surface area (Å²) >= 11 is 3.03. The number of carbonyl (C=O) groups is 1. The monoisotopic (exact) mass is 378 g/mol. The maximum absolute atomic E-state index is 12.7. The molecule has 1 aromatic carbocycles. The fraction of sp³-hybridized carbons (Fsp3) is 0.0500. The summed E-state index contributed by atoms with van der Waals surface area (Å²) in [4.78, 5) is 21.5. The molecule has 0 aliphatic heterocycles. The van der Waals surface area contributed by atoms with Crippen molar-refractivity contribution in [1.29, 1.82) is 0 Å². The minimum Gasteiger partial charge on any atom is -0.446 e. The summed E-state index contributed by atoms with van der Waals surface area (Å²) in [6, 6.07) is 17.1. The highest BCUT2D eigenvalue weighted by Gasteiger charge is 2.23. The van der Waals surface area contributed by atoms with Crippen LogP contribution in [0.3, 0.4) is 0 Å². The number of hydrogen-bond acceptors (Lipinski definition) is 6. The van der Waals surface area contributed by atoms with E-state index in [1.807, 2.05) is 65.4 Å². The van der Waals surface area contributed by atoms with E-state index in [1.165, 1.54) is 11.3 Å². The quantitative estimate of drug-likeness (QED) is 0.447. The molecule has 6 heteroatoms. The van der Waals surface area contributed by atoms with Crippen molar-refractivity contribution in [1.82, 2.24) is 9.97 Å². The van der Waals surface area contributed by atoms with Gasteiger partial charge in [-0.2, -0.15) is 11.3 Å². The Morgan fingerprint density at radius 2 is 1.85 bits per heavy atom. The van der Waals surface area contributed by atoms with Crippen LogP contribution in [0.15, 0.2) is 76.9 Å². The number of esters is 1. The summed E-state index contributed by atoms with van der Waals surface area (Å²) in [5.74, 6) is -0.456. The van der Waals surface area contributed by atoms with E-state index in [1.54, 1.807) is 22.9 Å². The van der Waals surface area contributed by atoms with Crippen molar-refractivity contribution < 1.29 is 9.53 Å². The highest BCUT2D eigenvalue weighted by atomic mass is 32.1. The molecular formula is C20H14N2O2S2. The van der Waals surface area contributed by atoms with E-state index in [0.717, 1.165) is 16.1 Å². The summed E-state index contributed by atoms with van der Waals surface area (Å²) in [5, 5.41) is 6.54. The highest BCUT2D eigenvalue weighted by molar-refractivity contribution is 7.14. The molecule has 4 rings (SSSR count). The average Bonchev–Trinajstić information content (AvgIpc) is 3.39. The Hall–Kier alpha value is -2.83. The molecular weight excluding hydrogens is 364 g/mol. The lowest BCUT2D eigenvalue weighted by molar-refractivity contribution is 0.0364. The van der Waals surface area contributed by atoms with Gasteiger partial charge in [0.25, 0.3) is 0 Å². The molecule has 3 heterocycles. The molecule has 1 atom stereocenters. The molecule has 0 fully saturated rings. The zero-order valence-electron chi connectivity index (χ0n) is 13.6. The molecule has 0 N–H and O–H groups in total. The zero-order valence-corrected chi connectivity index (χ0v) is 15.2. The number of rotatable bonds is 5. The van der Waals surface area contributed by atoms with Crippen LogP contribution in [-0.4, -0.2) is 15.9 Å². The number of hydrogen-bond donors (Lipinski definition) is 0. The number of thiazole rings is 1. The van der Waals surface area contributed by atoms with Crippen molar-refractivity contribution in [2.45, 2.75) is 6.10 Å². The highest BCUT2D eigenvalue weighted by Crippen LogP contribution is 2.28. The Balaban J connectivity index is 1.61. The summed E-state index contributed by atoms with van der Waals surface area (Å²) in [6.07, 6.45) is 1.12. The second kappa shape index (κ2) is 7.59. The van der Waals surface area contributed by atoms with Gasteiger partial charge < -0.3 is 4.74 Å². The van der Waals surface area contributed by atoms with Crippen molar-refractivity contribution in [2.24, 2.45) is 0 Å². The van der Waals surface area contributed by atoms with Gasteiger partial charge in [0.2, 0.25) is 0 Å². The largest absolute Gasteiger partial charge is 0.446 e. The summed E-state index contributed by atoms with van der Waals surface area (Å²) in [7, 11) is 0. The molecule has 0 saturated heterocycles. The summed E-state index contributed by atoms with van der Waals surface area (Å²) in [6.45, 7) is 0. The van der Waals surface area contributed by atoms with E-state index < -0.39 is 12.1 Å². The molecule has 0 bridgehead atoms. The predicted molar refractivity (Wildman–Crippen MR) is 103 cm³/mol. The first-order valence-corrected chi connectivity index (χ1v) is 9.78. The lowest BCUT2D eigenvalue weighted by atomic mass is 10.1. The van der Waals surface area contributed by atoms with Gasteiger partial charge in [-0.15, -0.1) is 11.3 Å². The number of benzene rings is 1. The zero-order chi connectivity index (χ0) is 17.8. The van der Waals surface area contributed by atoms with Gasteiger partial charge in [0.05, 0.1) is 5.69 Å². The molecule has 0 amide bonds. The molecule has 3 aromatic heterocycles. The minimum absolute atomic E-state index is 0.313. The fourth-order valence-corrected chi connectivity index (χ4v) is 4.01. The van der Waals surface area contributed by atoms with Gasteiger partial charge in [0, 0.05) is 22.5 Å². The maximum atomic E-state index is 12.7. The number of ether oxygens (including phenoxy) is 1. The van der Waals surface area contributed by atoms with E-state index >= 15 is 0 Å². The van der Waals surface area contributed by atoms with E-state index in [-0.39, 0.29) is 0 Å². The predicted octanol–water partition coefficient (Wildman–Crippen LogP) is 5.21. The van der Waals surface area contributed by atoms with E-state index in [0.29, 0.717) is 11.4 Å². The molecule has 0 aliphatic rings. The third-order valence-corrected chi connectivity index (χ3v) is 5.34. The van der Waals surface area contributed by atoms with Crippen molar-refractivity contribution in [2.75, 3.05) is 0 Å². The number of pyridine rings is 1. The van der Waals surface area contributed by atoms with Gasteiger partial charge in [0.1, 0.15) is 5.01 Å². The van der Waals surface area contributed by atoms with Crippen LogP contribution in [0.1, 0.15) is 27.8 Å². The number of carbonyl (C=O) groups excluding carboxylic acids is 1. The second-order valence-corrected chi connectivity index (χ2v) is 7.14. The van der Waals surface area contributed by atoms with Crippen molar-refractivity contribution in [3.63, 3.8) is 0 Å². The lowest BCUT2D eigenvalue weighted by Gasteiger charge is -2.17. The fourth-order valence-electron chi connectivity index (χ4n) is 2.51. The van der Waals surface area contributed by atoms with E-state index in [2.05, 4.69) is 9.97 Å². The molecule has 4 nitrogen and oxygen atoms in total. The van der Waals surface area contributed by atoms with Crippen molar-refractivity contribution in [3.05, 3.63) is 93.9 Å². The van der Waals surface area contributed by atoms with E-state index in [4.69, 9.17) is 4.74 Å². The second-order valence-electron chi connectivity index (χ2n) is 5.50. The third kappa shape index (κ3) is 3.56.